The molecule has 0 atom stereocenters. The van der Waals surface area contributed by atoms with Gasteiger partial charge in [0.05, 0.1) is 25.5 Å². The zero-order valence-corrected chi connectivity index (χ0v) is 13.7. The molecule has 1 amide bonds. The summed E-state index contributed by atoms with van der Waals surface area (Å²) in [5.41, 5.74) is 2.94. The van der Waals surface area contributed by atoms with Gasteiger partial charge < -0.3 is 10.1 Å². The van der Waals surface area contributed by atoms with Crippen molar-refractivity contribution in [3.63, 3.8) is 0 Å². The fourth-order valence-corrected chi connectivity index (χ4v) is 2.29. The molecule has 24 heavy (non-hydrogen) atoms. The van der Waals surface area contributed by atoms with Crippen LogP contribution >= 0.6 is 0 Å². The van der Waals surface area contributed by atoms with Crippen LogP contribution in [0.3, 0.4) is 0 Å². The Morgan fingerprint density at radius 1 is 1.29 bits per heavy atom. The molecule has 0 aliphatic heterocycles. The minimum Gasteiger partial charge on any atom is -0.479 e. The van der Waals surface area contributed by atoms with Gasteiger partial charge in [-0.1, -0.05) is 35.0 Å². The molecule has 8 heteroatoms. The number of aromatic nitrogens is 5. The molecule has 0 aliphatic rings. The molecule has 2 heterocycles. The van der Waals surface area contributed by atoms with Gasteiger partial charge in [-0.15, -0.1) is 5.10 Å². The number of benzene rings is 1. The van der Waals surface area contributed by atoms with Gasteiger partial charge in [-0.3, -0.25) is 9.48 Å². The molecule has 0 aliphatic carbocycles. The van der Waals surface area contributed by atoms with Crippen LogP contribution in [-0.2, 0) is 13.6 Å². The van der Waals surface area contributed by atoms with E-state index in [-0.39, 0.29) is 5.69 Å². The largest absolute Gasteiger partial charge is 0.479 e. The second-order valence-electron chi connectivity index (χ2n) is 5.45. The molecule has 0 radical (unpaired) electrons. The van der Waals surface area contributed by atoms with Gasteiger partial charge in [0, 0.05) is 13.2 Å². The number of carbonyl (C=O) groups excluding carboxylic acids is 1. The van der Waals surface area contributed by atoms with Crippen molar-refractivity contribution < 1.29 is 9.53 Å². The second-order valence-corrected chi connectivity index (χ2v) is 5.45. The summed E-state index contributed by atoms with van der Waals surface area (Å²) in [4.78, 5) is 12.4. The normalized spacial score (nSPS) is 10.6. The summed E-state index contributed by atoms with van der Waals surface area (Å²) in [6.45, 7) is 2.50. The zero-order valence-electron chi connectivity index (χ0n) is 13.7. The molecule has 3 aromatic rings. The Kier molecular flexibility index (Phi) is 4.28. The Bertz CT molecular complexity index is 850. The molecule has 0 saturated carbocycles. The predicted molar refractivity (Wildman–Crippen MR) is 88.0 cm³/mol. The van der Waals surface area contributed by atoms with E-state index in [1.54, 1.807) is 28.8 Å². The number of hydrogen-bond donors (Lipinski definition) is 1. The number of nitrogens with zero attached hydrogens (tertiary/aromatic N) is 5. The van der Waals surface area contributed by atoms with Gasteiger partial charge in [0.15, 0.2) is 0 Å². The molecule has 0 bridgehead atoms. The highest BCUT2D eigenvalue weighted by Gasteiger charge is 2.21. The summed E-state index contributed by atoms with van der Waals surface area (Å²) < 4.78 is 8.49. The second kappa shape index (κ2) is 6.53. The molecule has 8 nitrogen and oxygen atoms in total. The number of amides is 1. The molecule has 0 unspecified atom stereocenters. The number of nitrogens with one attached hydrogen (secondary N) is 1. The minimum atomic E-state index is -0.394. The van der Waals surface area contributed by atoms with Crippen LogP contribution in [0.2, 0.25) is 0 Å². The first kappa shape index (κ1) is 15.7. The van der Waals surface area contributed by atoms with Crippen LogP contribution in [0.25, 0.3) is 0 Å². The summed E-state index contributed by atoms with van der Waals surface area (Å²) in [5, 5.41) is 14.7. The lowest BCUT2D eigenvalue weighted by molar-refractivity contribution is 0.101. The predicted octanol–water partition coefficient (Wildman–Crippen LogP) is 1.63. The fourth-order valence-electron chi connectivity index (χ4n) is 2.29. The lowest BCUT2D eigenvalue weighted by Gasteiger charge is -2.07. The Hall–Kier alpha value is -3.16. The highest BCUT2D eigenvalue weighted by molar-refractivity contribution is 6.04. The van der Waals surface area contributed by atoms with E-state index in [0.717, 1.165) is 5.56 Å². The quantitative estimate of drug-likeness (QED) is 0.770. The standard InChI is InChI=1S/C16H18N6O2/c1-11-4-6-12(7-5-11)9-22-16(24-3)14(19-20-22)15(23)18-13-8-17-21(2)10-13/h4-8,10H,9H2,1-3H3,(H,18,23). The molecule has 124 valence electrons. The van der Waals surface area contributed by atoms with Crippen LogP contribution in [0.15, 0.2) is 36.7 Å². The van der Waals surface area contributed by atoms with Gasteiger partial charge >= 0.3 is 0 Å². The van der Waals surface area contributed by atoms with Crippen molar-refractivity contribution in [1.29, 1.82) is 0 Å². The van der Waals surface area contributed by atoms with E-state index >= 15 is 0 Å². The van der Waals surface area contributed by atoms with Crippen molar-refractivity contribution in [3.8, 4) is 5.88 Å². The maximum absolute atomic E-state index is 12.4. The summed E-state index contributed by atoms with van der Waals surface area (Å²) in [6.07, 6.45) is 3.25. The van der Waals surface area contributed by atoms with Crippen LogP contribution < -0.4 is 10.1 Å². The number of aryl methyl sites for hydroxylation is 2. The highest BCUT2D eigenvalue weighted by atomic mass is 16.5. The Morgan fingerprint density at radius 2 is 2.04 bits per heavy atom. The van der Waals surface area contributed by atoms with Crippen molar-refractivity contribution in [2.75, 3.05) is 12.4 Å². The fraction of sp³-hybridized carbons (Fsp3) is 0.250. The van der Waals surface area contributed by atoms with Crippen molar-refractivity contribution in [1.82, 2.24) is 24.8 Å². The van der Waals surface area contributed by atoms with Gasteiger partial charge in [-0.05, 0) is 12.5 Å². The average Bonchev–Trinajstić information content (AvgIpc) is 3.15. The summed E-state index contributed by atoms with van der Waals surface area (Å²) in [5.74, 6) is -0.0769. The van der Waals surface area contributed by atoms with Gasteiger partial charge in [0.25, 0.3) is 5.91 Å². The lowest BCUT2D eigenvalue weighted by Crippen LogP contribution is -2.14. The van der Waals surface area contributed by atoms with E-state index in [0.29, 0.717) is 18.1 Å². The monoisotopic (exact) mass is 326 g/mol. The SMILES string of the molecule is COc1c(C(=O)Nc2cnn(C)c2)nnn1Cc1ccc(C)cc1. The smallest absolute Gasteiger partial charge is 0.281 e. The molecule has 0 saturated heterocycles. The molecule has 1 N–H and O–H groups in total. The molecule has 3 rings (SSSR count). The third-order valence-corrected chi connectivity index (χ3v) is 3.51. The number of hydrogen-bond acceptors (Lipinski definition) is 5. The first-order chi connectivity index (χ1) is 11.6. The Morgan fingerprint density at radius 3 is 2.67 bits per heavy atom. The van der Waals surface area contributed by atoms with E-state index in [4.69, 9.17) is 4.74 Å². The minimum absolute atomic E-state index is 0.133. The van der Waals surface area contributed by atoms with Crippen LogP contribution in [0, 0.1) is 6.92 Å². The van der Waals surface area contributed by atoms with Gasteiger partial charge in [0.2, 0.25) is 11.6 Å². The number of carbonyl (C=O) groups is 1. The number of anilines is 1. The van der Waals surface area contributed by atoms with Crippen molar-refractivity contribution in [2.45, 2.75) is 13.5 Å². The van der Waals surface area contributed by atoms with Gasteiger partial charge in [0.1, 0.15) is 0 Å². The topological polar surface area (TPSA) is 86.9 Å². The van der Waals surface area contributed by atoms with E-state index in [2.05, 4.69) is 20.7 Å². The molecular formula is C16H18N6O2. The maximum Gasteiger partial charge on any atom is 0.281 e. The molecule has 2 aromatic heterocycles. The van der Waals surface area contributed by atoms with E-state index in [1.165, 1.54) is 12.7 Å². The maximum atomic E-state index is 12.4. The summed E-state index contributed by atoms with van der Waals surface area (Å²) in [6, 6.07) is 8.06. The summed E-state index contributed by atoms with van der Waals surface area (Å²) >= 11 is 0. The number of methoxy groups -OCH3 is 1. The highest BCUT2D eigenvalue weighted by Crippen LogP contribution is 2.18. The lowest BCUT2D eigenvalue weighted by atomic mass is 10.1. The van der Waals surface area contributed by atoms with Crippen LogP contribution in [0.5, 0.6) is 5.88 Å². The average molecular weight is 326 g/mol. The number of ether oxygens (including phenoxy) is 1. The molecule has 1 aromatic carbocycles. The first-order valence-electron chi connectivity index (χ1n) is 7.40. The van der Waals surface area contributed by atoms with E-state index < -0.39 is 5.91 Å². The van der Waals surface area contributed by atoms with E-state index in [1.807, 2.05) is 31.2 Å². The Balaban J connectivity index is 1.80. The first-order valence-corrected chi connectivity index (χ1v) is 7.40. The van der Waals surface area contributed by atoms with Crippen molar-refractivity contribution in [3.05, 3.63) is 53.5 Å². The third-order valence-electron chi connectivity index (χ3n) is 3.51. The molecule has 0 fully saturated rings. The van der Waals surface area contributed by atoms with Crippen molar-refractivity contribution in [2.24, 2.45) is 7.05 Å². The van der Waals surface area contributed by atoms with Gasteiger partial charge in [-0.25, -0.2) is 4.68 Å². The van der Waals surface area contributed by atoms with E-state index in [9.17, 15) is 4.79 Å². The van der Waals surface area contributed by atoms with Gasteiger partial charge in [-0.2, -0.15) is 5.10 Å². The number of rotatable bonds is 5. The van der Waals surface area contributed by atoms with Crippen LogP contribution in [-0.4, -0.2) is 37.8 Å². The summed E-state index contributed by atoms with van der Waals surface area (Å²) in [7, 11) is 3.26. The molecule has 0 spiro atoms. The van der Waals surface area contributed by atoms with Crippen molar-refractivity contribution >= 4 is 11.6 Å². The van der Waals surface area contributed by atoms with Crippen LogP contribution in [0.4, 0.5) is 5.69 Å². The molecular weight excluding hydrogens is 308 g/mol. The van der Waals surface area contributed by atoms with Crippen LogP contribution in [0.1, 0.15) is 21.6 Å². The Labute approximate surface area is 139 Å². The zero-order chi connectivity index (χ0) is 17.1. The third kappa shape index (κ3) is 3.27.